The summed E-state index contributed by atoms with van der Waals surface area (Å²) in [6.07, 6.45) is 0. The average Bonchev–Trinajstić information content (AvgIpc) is 2.42. The number of halogens is 1. The highest BCUT2D eigenvalue weighted by Gasteiger charge is 2.06. The van der Waals surface area contributed by atoms with Crippen LogP contribution in [-0.4, -0.2) is 12.2 Å². The number of aromatic hydroxyl groups is 1. The molecular weight excluding hydrogens is 262 g/mol. The number of phenols is 1. The molecule has 0 aliphatic carbocycles. The first-order valence-corrected chi connectivity index (χ1v) is 6.38. The fraction of sp³-hybridized carbons (Fsp3) is 0.200. The van der Waals surface area contributed by atoms with Gasteiger partial charge in [0.05, 0.1) is 7.11 Å². The van der Waals surface area contributed by atoms with Gasteiger partial charge in [-0.3, -0.25) is 0 Å². The van der Waals surface area contributed by atoms with E-state index in [1.165, 1.54) is 0 Å². The van der Waals surface area contributed by atoms with Gasteiger partial charge in [0, 0.05) is 23.7 Å². The van der Waals surface area contributed by atoms with Gasteiger partial charge in [-0.1, -0.05) is 29.8 Å². The Balaban J connectivity index is 1.97. The van der Waals surface area contributed by atoms with Gasteiger partial charge in [0.1, 0.15) is 11.5 Å². The molecule has 2 N–H and O–H groups in total. The molecule has 0 unspecified atom stereocenters. The summed E-state index contributed by atoms with van der Waals surface area (Å²) in [6, 6.07) is 12.7. The summed E-state index contributed by atoms with van der Waals surface area (Å²) < 4.78 is 5.29. The van der Waals surface area contributed by atoms with Crippen molar-refractivity contribution in [2.75, 3.05) is 7.11 Å². The maximum Gasteiger partial charge on any atom is 0.124 e. The predicted molar refractivity (Wildman–Crippen MR) is 76.7 cm³/mol. The first-order chi connectivity index (χ1) is 9.20. The number of nitrogens with one attached hydrogen (secondary N) is 1. The minimum Gasteiger partial charge on any atom is -0.508 e. The van der Waals surface area contributed by atoms with Crippen LogP contribution < -0.4 is 10.1 Å². The predicted octanol–water partition coefficient (Wildman–Crippen LogP) is 3.34. The Kier molecular flexibility index (Phi) is 4.66. The maximum absolute atomic E-state index is 9.21. The molecule has 3 nitrogen and oxygen atoms in total. The van der Waals surface area contributed by atoms with E-state index in [9.17, 15) is 5.11 Å². The molecule has 0 heterocycles. The van der Waals surface area contributed by atoms with Crippen molar-refractivity contribution in [1.82, 2.24) is 5.32 Å². The first kappa shape index (κ1) is 13.7. The Hall–Kier alpha value is -1.71. The van der Waals surface area contributed by atoms with Gasteiger partial charge < -0.3 is 15.2 Å². The molecule has 0 saturated carbocycles. The van der Waals surface area contributed by atoms with Crippen molar-refractivity contribution < 1.29 is 9.84 Å². The molecule has 2 aromatic rings. The van der Waals surface area contributed by atoms with Crippen LogP contribution in [0.4, 0.5) is 0 Å². The van der Waals surface area contributed by atoms with E-state index in [-0.39, 0.29) is 5.75 Å². The van der Waals surface area contributed by atoms with Crippen LogP contribution in [0.3, 0.4) is 0 Å². The fourth-order valence-corrected chi connectivity index (χ4v) is 2.08. The Labute approximate surface area is 117 Å². The number of phenolic OH excluding ortho intramolecular Hbond substituents is 1. The van der Waals surface area contributed by atoms with Crippen LogP contribution in [0.25, 0.3) is 0 Å². The Morgan fingerprint density at radius 2 is 1.84 bits per heavy atom. The van der Waals surface area contributed by atoms with E-state index in [2.05, 4.69) is 5.32 Å². The van der Waals surface area contributed by atoms with E-state index < -0.39 is 0 Å². The quantitative estimate of drug-likeness (QED) is 0.881. The van der Waals surface area contributed by atoms with E-state index in [1.807, 2.05) is 30.3 Å². The van der Waals surface area contributed by atoms with Gasteiger partial charge in [0.25, 0.3) is 0 Å². The Morgan fingerprint density at radius 1 is 1.11 bits per heavy atom. The summed E-state index contributed by atoms with van der Waals surface area (Å²) in [5.74, 6) is 1.06. The molecule has 0 atom stereocenters. The molecule has 0 bridgehead atoms. The lowest BCUT2D eigenvalue weighted by atomic mass is 10.2. The van der Waals surface area contributed by atoms with E-state index >= 15 is 0 Å². The van der Waals surface area contributed by atoms with Crippen LogP contribution in [0.1, 0.15) is 11.1 Å². The third-order valence-electron chi connectivity index (χ3n) is 2.86. The van der Waals surface area contributed by atoms with Crippen LogP contribution in [-0.2, 0) is 13.1 Å². The summed E-state index contributed by atoms with van der Waals surface area (Å²) >= 11 is 6.16. The van der Waals surface area contributed by atoms with Gasteiger partial charge in [-0.15, -0.1) is 0 Å². The third-order valence-corrected chi connectivity index (χ3v) is 3.22. The average molecular weight is 278 g/mol. The summed E-state index contributed by atoms with van der Waals surface area (Å²) in [6.45, 7) is 1.33. The van der Waals surface area contributed by atoms with Crippen LogP contribution in [0.2, 0.25) is 5.02 Å². The van der Waals surface area contributed by atoms with Crippen molar-refractivity contribution in [2.24, 2.45) is 0 Å². The SMILES string of the molecule is COc1cccc(Cl)c1CNCc1ccc(O)cc1. The number of benzene rings is 2. The topological polar surface area (TPSA) is 41.5 Å². The molecule has 0 saturated heterocycles. The minimum absolute atomic E-state index is 0.275. The van der Waals surface area contributed by atoms with Gasteiger partial charge in [-0.2, -0.15) is 0 Å². The molecular formula is C15H16ClNO2. The van der Waals surface area contributed by atoms with Crippen molar-refractivity contribution in [2.45, 2.75) is 13.1 Å². The second-order valence-electron chi connectivity index (χ2n) is 4.19. The molecule has 0 amide bonds. The minimum atomic E-state index is 0.275. The standard InChI is InChI=1S/C15H16ClNO2/c1-19-15-4-2-3-14(16)13(15)10-17-9-11-5-7-12(18)8-6-11/h2-8,17-18H,9-10H2,1H3. The maximum atomic E-state index is 9.21. The number of hydrogen-bond donors (Lipinski definition) is 2. The Bertz CT molecular complexity index is 540. The van der Waals surface area contributed by atoms with Crippen molar-refractivity contribution in [1.29, 1.82) is 0 Å². The molecule has 0 aromatic heterocycles. The molecule has 0 aliphatic rings. The Morgan fingerprint density at radius 3 is 2.53 bits per heavy atom. The number of methoxy groups -OCH3 is 1. The number of ether oxygens (including phenoxy) is 1. The zero-order valence-corrected chi connectivity index (χ0v) is 11.4. The van der Waals surface area contributed by atoms with Crippen LogP contribution in [0.15, 0.2) is 42.5 Å². The third kappa shape index (κ3) is 3.63. The molecule has 4 heteroatoms. The zero-order chi connectivity index (χ0) is 13.7. The lowest BCUT2D eigenvalue weighted by Crippen LogP contribution is -2.13. The van der Waals surface area contributed by atoms with Gasteiger partial charge in [0.15, 0.2) is 0 Å². The second kappa shape index (κ2) is 6.45. The zero-order valence-electron chi connectivity index (χ0n) is 10.7. The van der Waals surface area contributed by atoms with Crippen molar-refractivity contribution in [3.8, 4) is 11.5 Å². The summed E-state index contributed by atoms with van der Waals surface area (Å²) in [5, 5.41) is 13.2. The normalized spacial score (nSPS) is 10.4. The van der Waals surface area contributed by atoms with Crippen LogP contribution in [0.5, 0.6) is 11.5 Å². The van der Waals surface area contributed by atoms with Gasteiger partial charge in [-0.05, 0) is 29.8 Å². The lowest BCUT2D eigenvalue weighted by Gasteiger charge is -2.11. The van der Waals surface area contributed by atoms with Gasteiger partial charge >= 0.3 is 0 Å². The fourth-order valence-electron chi connectivity index (χ4n) is 1.85. The second-order valence-corrected chi connectivity index (χ2v) is 4.60. The molecule has 0 fully saturated rings. The van der Waals surface area contributed by atoms with Crippen LogP contribution in [0, 0.1) is 0 Å². The van der Waals surface area contributed by atoms with E-state index in [1.54, 1.807) is 19.2 Å². The van der Waals surface area contributed by atoms with Gasteiger partial charge in [0.2, 0.25) is 0 Å². The summed E-state index contributed by atoms with van der Waals surface area (Å²) in [7, 11) is 1.63. The van der Waals surface area contributed by atoms with Crippen molar-refractivity contribution >= 4 is 11.6 Å². The van der Waals surface area contributed by atoms with E-state index in [0.29, 0.717) is 18.1 Å². The van der Waals surface area contributed by atoms with Crippen LogP contribution >= 0.6 is 11.6 Å². The summed E-state index contributed by atoms with van der Waals surface area (Å²) in [4.78, 5) is 0. The van der Waals surface area contributed by atoms with Crippen molar-refractivity contribution in [3.63, 3.8) is 0 Å². The van der Waals surface area contributed by atoms with Crippen molar-refractivity contribution in [3.05, 3.63) is 58.6 Å². The number of hydrogen-bond acceptors (Lipinski definition) is 3. The van der Waals surface area contributed by atoms with E-state index in [0.717, 1.165) is 16.9 Å². The highest BCUT2D eigenvalue weighted by molar-refractivity contribution is 6.31. The summed E-state index contributed by atoms with van der Waals surface area (Å²) in [5.41, 5.74) is 2.05. The highest BCUT2D eigenvalue weighted by atomic mass is 35.5. The largest absolute Gasteiger partial charge is 0.508 e. The molecule has 19 heavy (non-hydrogen) atoms. The molecule has 2 rings (SSSR count). The molecule has 0 aliphatic heterocycles. The molecule has 0 spiro atoms. The molecule has 2 aromatic carbocycles. The molecule has 0 radical (unpaired) electrons. The molecule has 100 valence electrons. The monoisotopic (exact) mass is 277 g/mol. The van der Waals surface area contributed by atoms with E-state index in [4.69, 9.17) is 16.3 Å². The highest BCUT2D eigenvalue weighted by Crippen LogP contribution is 2.25. The lowest BCUT2D eigenvalue weighted by molar-refractivity contribution is 0.407. The smallest absolute Gasteiger partial charge is 0.124 e. The number of rotatable bonds is 5. The van der Waals surface area contributed by atoms with Gasteiger partial charge in [-0.25, -0.2) is 0 Å². The first-order valence-electron chi connectivity index (χ1n) is 6.00.